The maximum absolute atomic E-state index is 5.44. The monoisotopic (exact) mass is 174 g/mol. The summed E-state index contributed by atoms with van der Waals surface area (Å²) in [4.78, 5) is 8.13. The van der Waals surface area contributed by atoms with E-state index < -0.39 is 0 Å². The second kappa shape index (κ2) is 3.37. The van der Waals surface area contributed by atoms with Crippen molar-refractivity contribution in [2.24, 2.45) is 5.73 Å². The van der Waals surface area contributed by atoms with E-state index in [-0.39, 0.29) is 0 Å². The lowest BCUT2D eigenvalue weighted by Crippen LogP contribution is -2.00. The Morgan fingerprint density at radius 2 is 2.31 bits per heavy atom. The van der Waals surface area contributed by atoms with Gasteiger partial charge in [-0.15, -0.1) is 0 Å². The number of imidazole rings is 1. The van der Waals surface area contributed by atoms with E-state index >= 15 is 0 Å². The zero-order chi connectivity index (χ0) is 9.10. The number of rotatable bonds is 2. The molecule has 0 atom stereocenters. The molecule has 66 valence electrons. The Kier molecular flexibility index (Phi) is 2.06. The van der Waals surface area contributed by atoms with Crippen LogP contribution in [0.5, 0.6) is 0 Å². The van der Waals surface area contributed by atoms with E-state index in [0.717, 1.165) is 11.4 Å². The fourth-order valence-corrected chi connectivity index (χ4v) is 1.10. The van der Waals surface area contributed by atoms with Crippen LogP contribution in [0.4, 0.5) is 0 Å². The Labute approximate surface area is 76.1 Å². The molecule has 0 saturated heterocycles. The van der Waals surface area contributed by atoms with Crippen molar-refractivity contribution < 1.29 is 0 Å². The Bertz CT molecular complexity index is 363. The fraction of sp³-hybridized carbons (Fsp3) is 0.111. The van der Waals surface area contributed by atoms with E-state index in [1.165, 1.54) is 0 Å². The van der Waals surface area contributed by atoms with Gasteiger partial charge in [-0.3, -0.25) is 4.98 Å². The SMILES string of the molecule is NCc1ccc(-n2ccnc2)cn1. The Hall–Kier alpha value is -1.68. The predicted molar refractivity (Wildman–Crippen MR) is 49.3 cm³/mol. The zero-order valence-electron chi connectivity index (χ0n) is 7.09. The minimum Gasteiger partial charge on any atom is -0.325 e. The molecule has 13 heavy (non-hydrogen) atoms. The molecule has 0 aromatic carbocycles. The van der Waals surface area contributed by atoms with E-state index in [2.05, 4.69) is 9.97 Å². The van der Waals surface area contributed by atoms with Crippen LogP contribution in [0.15, 0.2) is 37.1 Å². The number of hydrogen-bond donors (Lipinski definition) is 1. The third-order valence-electron chi connectivity index (χ3n) is 1.82. The topological polar surface area (TPSA) is 56.7 Å². The average molecular weight is 174 g/mol. The highest BCUT2D eigenvalue weighted by molar-refractivity contribution is 5.29. The van der Waals surface area contributed by atoms with Crippen molar-refractivity contribution in [1.29, 1.82) is 0 Å². The maximum atomic E-state index is 5.44. The summed E-state index contributed by atoms with van der Waals surface area (Å²) in [7, 11) is 0. The van der Waals surface area contributed by atoms with Crippen LogP contribution in [-0.4, -0.2) is 14.5 Å². The van der Waals surface area contributed by atoms with E-state index in [1.807, 2.05) is 22.9 Å². The van der Waals surface area contributed by atoms with Gasteiger partial charge in [0.05, 0.1) is 23.9 Å². The molecule has 0 saturated carbocycles. The third-order valence-corrected chi connectivity index (χ3v) is 1.82. The summed E-state index contributed by atoms with van der Waals surface area (Å²) in [6, 6.07) is 3.88. The standard InChI is InChI=1S/C9H10N4/c10-5-8-1-2-9(6-12-8)13-4-3-11-7-13/h1-4,6-7H,5,10H2. The van der Waals surface area contributed by atoms with E-state index in [1.54, 1.807) is 18.7 Å². The second-order valence-corrected chi connectivity index (χ2v) is 2.68. The molecule has 0 aliphatic heterocycles. The van der Waals surface area contributed by atoms with Crippen molar-refractivity contribution in [2.75, 3.05) is 0 Å². The summed E-state index contributed by atoms with van der Waals surface area (Å²) in [5.41, 5.74) is 7.32. The van der Waals surface area contributed by atoms with Crippen molar-refractivity contribution in [1.82, 2.24) is 14.5 Å². The molecule has 0 aliphatic carbocycles. The van der Waals surface area contributed by atoms with Crippen LogP contribution >= 0.6 is 0 Å². The van der Waals surface area contributed by atoms with Crippen LogP contribution in [-0.2, 0) is 6.54 Å². The first-order valence-electron chi connectivity index (χ1n) is 4.03. The van der Waals surface area contributed by atoms with Crippen LogP contribution in [0.1, 0.15) is 5.69 Å². The van der Waals surface area contributed by atoms with Gasteiger partial charge in [0.1, 0.15) is 0 Å². The van der Waals surface area contributed by atoms with Crippen molar-refractivity contribution in [3.63, 3.8) is 0 Å². The van der Waals surface area contributed by atoms with Crippen LogP contribution in [0.25, 0.3) is 5.69 Å². The Morgan fingerprint density at radius 1 is 1.38 bits per heavy atom. The van der Waals surface area contributed by atoms with Gasteiger partial charge in [-0.25, -0.2) is 4.98 Å². The lowest BCUT2D eigenvalue weighted by atomic mass is 10.3. The molecule has 2 rings (SSSR count). The molecular weight excluding hydrogens is 164 g/mol. The Morgan fingerprint density at radius 3 is 2.85 bits per heavy atom. The van der Waals surface area contributed by atoms with Gasteiger partial charge in [-0.2, -0.15) is 0 Å². The molecule has 2 heterocycles. The molecule has 0 amide bonds. The van der Waals surface area contributed by atoms with E-state index in [4.69, 9.17) is 5.73 Å². The molecule has 0 aliphatic rings. The van der Waals surface area contributed by atoms with Gasteiger partial charge in [0, 0.05) is 18.9 Å². The quantitative estimate of drug-likeness (QED) is 0.730. The molecule has 2 aromatic rings. The maximum Gasteiger partial charge on any atom is 0.0992 e. The first-order valence-corrected chi connectivity index (χ1v) is 4.03. The zero-order valence-corrected chi connectivity index (χ0v) is 7.09. The molecule has 0 fully saturated rings. The number of aromatic nitrogens is 3. The summed E-state index contributed by atoms with van der Waals surface area (Å²) >= 11 is 0. The highest BCUT2D eigenvalue weighted by Crippen LogP contribution is 2.05. The molecule has 0 unspecified atom stereocenters. The van der Waals surface area contributed by atoms with Gasteiger partial charge in [0.25, 0.3) is 0 Å². The number of pyridine rings is 1. The number of nitrogens with zero attached hydrogens (tertiary/aromatic N) is 3. The average Bonchev–Trinajstić information content (AvgIpc) is 2.71. The van der Waals surface area contributed by atoms with Crippen molar-refractivity contribution in [3.8, 4) is 5.69 Å². The highest BCUT2D eigenvalue weighted by Gasteiger charge is 1.95. The van der Waals surface area contributed by atoms with E-state index in [0.29, 0.717) is 6.54 Å². The lowest BCUT2D eigenvalue weighted by molar-refractivity contribution is 0.965. The van der Waals surface area contributed by atoms with Gasteiger partial charge in [0.2, 0.25) is 0 Å². The van der Waals surface area contributed by atoms with Crippen LogP contribution in [0.2, 0.25) is 0 Å². The smallest absolute Gasteiger partial charge is 0.0992 e. The Balaban J connectivity index is 2.33. The number of nitrogens with two attached hydrogens (primary N) is 1. The van der Waals surface area contributed by atoms with Crippen molar-refractivity contribution >= 4 is 0 Å². The van der Waals surface area contributed by atoms with Gasteiger partial charge in [-0.1, -0.05) is 0 Å². The molecule has 0 bridgehead atoms. The lowest BCUT2D eigenvalue weighted by Gasteiger charge is -2.01. The second-order valence-electron chi connectivity index (χ2n) is 2.68. The molecule has 0 spiro atoms. The fourth-order valence-electron chi connectivity index (χ4n) is 1.10. The van der Waals surface area contributed by atoms with Gasteiger partial charge >= 0.3 is 0 Å². The molecule has 0 radical (unpaired) electrons. The summed E-state index contributed by atoms with van der Waals surface area (Å²) in [6.07, 6.45) is 7.12. The summed E-state index contributed by atoms with van der Waals surface area (Å²) in [5, 5.41) is 0. The van der Waals surface area contributed by atoms with Crippen molar-refractivity contribution in [2.45, 2.75) is 6.54 Å². The predicted octanol–water partition coefficient (Wildman–Crippen LogP) is 0.726. The first kappa shape index (κ1) is 7.94. The normalized spacial score (nSPS) is 10.2. The number of hydrogen-bond acceptors (Lipinski definition) is 3. The van der Waals surface area contributed by atoms with Crippen LogP contribution in [0.3, 0.4) is 0 Å². The van der Waals surface area contributed by atoms with Crippen molar-refractivity contribution in [3.05, 3.63) is 42.7 Å². The summed E-state index contributed by atoms with van der Waals surface area (Å²) in [6.45, 7) is 0.476. The molecule has 2 aromatic heterocycles. The molecule has 2 N–H and O–H groups in total. The van der Waals surface area contributed by atoms with Gasteiger partial charge in [0.15, 0.2) is 0 Å². The molecular formula is C9H10N4. The molecule has 4 heteroatoms. The van der Waals surface area contributed by atoms with Crippen LogP contribution < -0.4 is 5.73 Å². The summed E-state index contributed by atoms with van der Waals surface area (Å²) in [5.74, 6) is 0. The van der Waals surface area contributed by atoms with Gasteiger partial charge < -0.3 is 10.3 Å². The van der Waals surface area contributed by atoms with Gasteiger partial charge in [-0.05, 0) is 12.1 Å². The van der Waals surface area contributed by atoms with Crippen LogP contribution in [0, 0.1) is 0 Å². The minimum atomic E-state index is 0.476. The minimum absolute atomic E-state index is 0.476. The third kappa shape index (κ3) is 1.57. The largest absolute Gasteiger partial charge is 0.325 e. The molecule has 4 nitrogen and oxygen atoms in total. The first-order chi connectivity index (χ1) is 6.40. The summed E-state index contributed by atoms with van der Waals surface area (Å²) < 4.78 is 1.90. The van der Waals surface area contributed by atoms with E-state index in [9.17, 15) is 0 Å². The highest BCUT2D eigenvalue weighted by atomic mass is 15.0.